The van der Waals surface area contributed by atoms with E-state index in [2.05, 4.69) is 17.4 Å². The first-order valence-corrected chi connectivity index (χ1v) is 15.1. The Hall–Kier alpha value is -4.90. The molecule has 0 bridgehead atoms. The molecule has 9 N–H and O–H groups in total. The fourth-order valence-corrected chi connectivity index (χ4v) is 3.89. The zero-order chi connectivity index (χ0) is 34.2. The predicted octanol–water partition coefficient (Wildman–Crippen LogP) is 5.03. The number of fused-ring (bicyclic) bond motifs is 1. The van der Waals surface area contributed by atoms with Gasteiger partial charge in [-0.1, -0.05) is 79.7 Å². The summed E-state index contributed by atoms with van der Waals surface area (Å²) in [6.07, 6.45) is 4.34. The molecule has 4 rings (SSSR count). The van der Waals surface area contributed by atoms with Crippen molar-refractivity contribution in [2.45, 2.75) is 51.5 Å². The van der Waals surface area contributed by atoms with E-state index < -0.39 is 18.0 Å². The zero-order valence-electron chi connectivity index (χ0n) is 26.3. The van der Waals surface area contributed by atoms with Crippen molar-refractivity contribution in [1.29, 1.82) is 0 Å². The average molecular weight is 631 g/mol. The van der Waals surface area contributed by atoms with Gasteiger partial charge in [-0.3, -0.25) is 19.2 Å². The van der Waals surface area contributed by atoms with Crippen LogP contribution in [-0.4, -0.2) is 53.5 Å². The van der Waals surface area contributed by atoms with Crippen molar-refractivity contribution in [3.8, 4) is 0 Å². The van der Waals surface area contributed by atoms with E-state index in [1.807, 2.05) is 67.6 Å². The Labute approximate surface area is 270 Å². The number of carbonyl (C=O) groups is 4. The van der Waals surface area contributed by atoms with Gasteiger partial charge in [0.2, 0.25) is 5.91 Å². The maximum absolute atomic E-state index is 11.2. The van der Waals surface area contributed by atoms with E-state index in [0.717, 1.165) is 47.7 Å². The van der Waals surface area contributed by atoms with Gasteiger partial charge in [-0.25, -0.2) is 0 Å². The number of hydrogen-bond acceptors (Lipinski definition) is 7. The molecule has 1 amide bonds. The van der Waals surface area contributed by atoms with Crippen molar-refractivity contribution in [2.24, 2.45) is 17.2 Å². The number of rotatable bonds is 12. The number of aliphatic carboxylic acids is 2. The molecule has 0 saturated heterocycles. The number of carboxylic acid groups (broad SMARTS) is 2. The van der Waals surface area contributed by atoms with Crippen LogP contribution in [0.15, 0.2) is 97.1 Å². The predicted molar refractivity (Wildman–Crippen MR) is 184 cm³/mol. The van der Waals surface area contributed by atoms with E-state index in [9.17, 15) is 19.2 Å². The minimum absolute atomic E-state index is 0.00588. The molecular weight excluding hydrogens is 584 g/mol. The summed E-state index contributed by atoms with van der Waals surface area (Å²) in [7, 11) is 0. The van der Waals surface area contributed by atoms with Crippen molar-refractivity contribution in [1.82, 2.24) is 0 Å². The lowest BCUT2D eigenvalue weighted by atomic mass is 10.1. The van der Waals surface area contributed by atoms with Crippen LogP contribution in [0.5, 0.6) is 0 Å². The zero-order valence-corrected chi connectivity index (χ0v) is 26.3. The molecule has 246 valence electrons. The van der Waals surface area contributed by atoms with Crippen LogP contribution in [-0.2, 0) is 27.2 Å². The molecular formula is C36H46N4O6. The highest BCUT2D eigenvalue weighted by Crippen LogP contribution is 2.15. The number of hydrogen-bond donors (Lipinski definition) is 6. The quantitative estimate of drug-likeness (QED) is 0.116. The fourth-order valence-electron chi connectivity index (χ4n) is 3.89. The maximum atomic E-state index is 11.2. The standard InChI is InChI=1S/C12H10O2.C11H13NO2.C8H11N.C5H12N2O2/c13-12(14)8-9-5-6-10-3-1-2-4-11(10)7-9;1-2-3-11(14)12-10-6-4-9(8-13)5-7-10;9-7-6-8-4-2-1-3-5-8;6-3-1-2-4(7)5(8)9/h1-7H,8H2,(H,13,14);4-8H,2-3H2,1H3,(H,12,14);1-5H,6-7,9H2;4H,1-3,6-7H2,(H,8,9). The van der Waals surface area contributed by atoms with Gasteiger partial charge >= 0.3 is 11.9 Å². The summed E-state index contributed by atoms with van der Waals surface area (Å²) in [5.41, 5.74) is 19.1. The van der Waals surface area contributed by atoms with E-state index in [1.165, 1.54) is 5.56 Å². The van der Waals surface area contributed by atoms with E-state index in [4.69, 9.17) is 27.4 Å². The van der Waals surface area contributed by atoms with Crippen LogP contribution in [0, 0.1) is 0 Å². The summed E-state index contributed by atoms with van der Waals surface area (Å²) in [6, 6.07) is 30.0. The largest absolute Gasteiger partial charge is 0.481 e. The van der Waals surface area contributed by atoms with Crippen LogP contribution in [0.4, 0.5) is 5.69 Å². The number of amides is 1. The molecule has 0 aromatic heterocycles. The highest BCUT2D eigenvalue weighted by atomic mass is 16.4. The second kappa shape index (κ2) is 23.5. The molecule has 1 unspecified atom stereocenters. The lowest BCUT2D eigenvalue weighted by Crippen LogP contribution is -2.30. The van der Waals surface area contributed by atoms with Crippen molar-refractivity contribution in [3.63, 3.8) is 0 Å². The first kappa shape index (κ1) is 39.1. The van der Waals surface area contributed by atoms with Crippen molar-refractivity contribution >= 4 is 40.6 Å². The SMILES string of the molecule is CCCC(=O)Nc1ccc(C=O)cc1.NCCCC(N)C(=O)O.NCCc1ccccc1.O=C(O)Cc1ccc2ccccc2c1. The molecule has 0 spiro atoms. The first-order valence-electron chi connectivity index (χ1n) is 15.1. The Kier molecular flexibility index (Phi) is 20.0. The monoisotopic (exact) mass is 630 g/mol. The number of nitrogens with two attached hydrogens (primary N) is 3. The van der Waals surface area contributed by atoms with Gasteiger partial charge in [0.05, 0.1) is 6.42 Å². The highest BCUT2D eigenvalue weighted by molar-refractivity contribution is 5.91. The number of anilines is 1. The number of carbonyl (C=O) groups excluding carboxylic acids is 2. The summed E-state index contributed by atoms with van der Waals surface area (Å²) in [5, 5.41) is 21.9. The molecule has 0 fully saturated rings. The Morgan fingerprint density at radius 2 is 1.43 bits per heavy atom. The van der Waals surface area contributed by atoms with Crippen molar-refractivity contribution in [3.05, 3.63) is 114 Å². The maximum Gasteiger partial charge on any atom is 0.320 e. The van der Waals surface area contributed by atoms with Crippen LogP contribution in [0.3, 0.4) is 0 Å². The van der Waals surface area contributed by atoms with Gasteiger partial charge in [0.15, 0.2) is 0 Å². The number of benzene rings is 4. The Morgan fingerprint density at radius 1 is 0.804 bits per heavy atom. The molecule has 46 heavy (non-hydrogen) atoms. The lowest BCUT2D eigenvalue weighted by Gasteiger charge is -2.03. The molecule has 0 saturated carbocycles. The average Bonchev–Trinajstić information content (AvgIpc) is 3.05. The normalized spacial score (nSPS) is 10.4. The molecule has 0 aliphatic rings. The molecule has 0 aliphatic carbocycles. The van der Waals surface area contributed by atoms with Gasteiger partial charge in [0.25, 0.3) is 0 Å². The van der Waals surface area contributed by atoms with Crippen LogP contribution in [0.2, 0.25) is 0 Å². The van der Waals surface area contributed by atoms with Crippen LogP contribution >= 0.6 is 0 Å². The van der Waals surface area contributed by atoms with Crippen LogP contribution in [0.25, 0.3) is 10.8 Å². The molecule has 0 radical (unpaired) electrons. The Morgan fingerprint density at radius 3 is 1.98 bits per heavy atom. The third kappa shape index (κ3) is 17.4. The molecule has 10 heteroatoms. The third-order valence-corrected chi connectivity index (χ3v) is 6.29. The summed E-state index contributed by atoms with van der Waals surface area (Å²) in [6.45, 7) is 3.19. The summed E-state index contributed by atoms with van der Waals surface area (Å²) in [4.78, 5) is 42.1. The molecule has 4 aromatic rings. The molecule has 1 atom stereocenters. The van der Waals surface area contributed by atoms with Gasteiger partial charge in [0.1, 0.15) is 12.3 Å². The van der Waals surface area contributed by atoms with Gasteiger partial charge < -0.3 is 32.7 Å². The number of nitrogens with one attached hydrogen (secondary N) is 1. The highest BCUT2D eigenvalue weighted by Gasteiger charge is 2.08. The first-order chi connectivity index (χ1) is 22.1. The second-order valence-corrected chi connectivity index (χ2v) is 10.2. The topological polar surface area (TPSA) is 199 Å². The number of carboxylic acids is 2. The Bertz CT molecular complexity index is 1460. The van der Waals surface area contributed by atoms with E-state index in [-0.39, 0.29) is 12.3 Å². The van der Waals surface area contributed by atoms with Crippen molar-refractivity contribution in [2.75, 3.05) is 18.4 Å². The summed E-state index contributed by atoms with van der Waals surface area (Å²) in [5.74, 6) is -1.74. The van der Waals surface area contributed by atoms with Gasteiger partial charge in [-0.2, -0.15) is 0 Å². The van der Waals surface area contributed by atoms with E-state index in [1.54, 1.807) is 24.3 Å². The Balaban J connectivity index is 0.000000314. The van der Waals surface area contributed by atoms with Gasteiger partial charge in [-0.05, 0) is 84.9 Å². The fraction of sp³-hybridized carbons (Fsp3) is 0.278. The van der Waals surface area contributed by atoms with Gasteiger partial charge in [-0.15, -0.1) is 0 Å². The van der Waals surface area contributed by atoms with Crippen molar-refractivity contribution < 1.29 is 29.4 Å². The van der Waals surface area contributed by atoms with Crippen LogP contribution < -0.4 is 22.5 Å². The third-order valence-electron chi connectivity index (χ3n) is 6.29. The number of aldehydes is 1. The molecule has 4 aromatic carbocycles. The van der Waals surface area contributed by atoms with Gasteiger partial charge in [0, 0.05) is 17.7 Å². The molecule has 0 aliphatic heterocycles. The lowest BCUT2D eigenvalue weighted by molar-refractivity contribution is -0.139. The molecule has 0 heterocycles. The smallest absolute Gasteiger partial charge is 0.320 e. The molecule has 10 nitrogen and oxygen atoms in total. The summed E-state index contributed by atoms with van der Waals surface area (Å²) >= 11 is 0. The minimum Gasteiger partial charge on any atom is -0.481 e. The summed E-state index contributed by atoms with van der Waals surface area (Å²) < 4.78 is 0. The van der Waals surface area contributed by atoms with Crippen LogP contribution in [0.1, 0.15) is 54.1 Å². The van der Waals surface area contributed by atoms with E-state index in [0.29, 0.717) is 31.4 Å². The van der Waals surface area contributed by atoms with E-state index >= 15 is 0 Å². The second-order valence-electron chi connectivity index (χ2n) is 10.2. The minimum atomic E-state index is -0.955.